The first-order valence-electron chi connectivity index (χ1n) is 9.03. The Labute approximate surface area is 170 Å². The summed E-state index contributed by atoms with van der Waals surface area (Å²) in [5.41, 5.74) is 2.01. The largest absolute Gasteiger partial charge is 0.463 e. The van der Waals surface area contributed by atoms with Gasteiger partial charge in [0, 0.05) is 17.1 Å². The van der Waals surface area contributed by atoms with Gasteiger partial charge >= 0.3 is 5.97 Å². The molecule has 0 radical (unpaired) electrons. The van der Waals surface area contributed by atoms with Crippen molar-refractivity contribution in [2.24, 2.45) is 0 Å². The van der Waals surface area contributed by atoms with Crippen molar-refractivity contribution in [1.29, 1.82) is 0 Å². The number of benzene rings is 2. The van der Waals surface area contributed by atoms with Crippen molar-refractivity contribution in [1.82, 2.24) is 4.31 Å². The van der Waals surface area contributed by atoms with Gasteiger partial charge in [-0.05, 0) is 44.0 Å². The number of esters is 1. The Hall–Kier alpha value is -2.15. The van der Waals surface area contributed by atoms with Crippen molar-refractivity contribution in [2.75, 3.05) is 13.2 Å². The van der Waals surface area contributed by atoms with E-state index in [-0.39, 0.29) is 18.0 Å². The van der Waals surface area contributed by atoms with Gasteiger partial charge in [0.05, 0.1) is 17.5 Å². The molecule has 3 rings (SSSR count). The Kier molecular flexibility index (Phi) is 6.23. The summed E-state index contributed by atoms with van der Waals surface area (Å²) in [6.07, 6.45) is 2.08. The minimum Gasteiger partial charge on any atom is -0.463 e. The Balaban J connectivity index is 2.06. The molecule has 148 valence electrons. The second kappa shape index (κ2) is 8.47. The van der Waals surface area contributed by atoms with Gasteiger partial charge in [-0.15, -0.1) is 0 Å². The first-order valence-corrected chi connectivity index (χ1v) is 10.9. The number of carbonyl (C=O) groups is 1. The summed E-state index contributed by atoms with van der Waals surface area (Å²) in [6, 6.07) is 13.3. The van der Waals surface area contributed by atoms with E-state index in [0.29, 0.717) is 22.6 Å². The van der Waals surface area contributed by atoms with Crippen LogP contribution in [-0.4, -0.2) is 31.8 Å². The standard InChI is InChI=1S/C21H22ClNO4S/c1-3-27-21(24)16-10-13-20(18-6-4-5-7-19(18)22)23(14-16)28(25,26)17-11-8-15(2)9-12-17/h4-12,20H,3,13-14H2,1-2H3/t20-/m0/s1. The highest BCUT2D eigenvalue weighted by Gasteiger charge is 2.37. The van der Waals surface area contributed by atoms with Crippen LogP contribution in [0.15, 0.2) is 65.1 Å². The molecule has 1 heterocycles. The molecule has 0 aliphatic carbocycles. The zero-order chi connectivity index (χ0) is 20.3. The minimum absolute atomic E-state index is 0.0646. The number of carbonyl (C=O) groups excluding carboxylic acids is 1. The molecule has 0 N–H and O–H groups in total. The molecular weight excluding hydrogens is 398 g/mol. The molecule has 0 fully saturated rings. The predicted octanol–water partition coefficient (Wildman–Crippen LogP) is 4.27. The van der Waals surface area contributed by atoms with Crippen LogP contribution in [0.5, 0.6) is 0 Å². The highest BCUT2D eigenvalue weighted by atomic mass is 35.5. The zero-order valence-electron chi connectivity index (χ0n) is 15.8. The molecule has 0 amide bonds. The quantitative estimate of drug-likeness (QED) is 0.679. The second-order valence-electron chi connectivity index (χ2n) is 6.59. The number of halogens is 1. The average molecular weight is 420 g/mol. The van der Waals surface area contributed by atoms with Crippen LogP contribution in [0.25, 0.3) is 0 Å². The Morgan fingerprint density at radius 3 is 2.50 bits per heavy atom. The van der Waals surface area contributed by atoms with E-state index in [1.54, 1.807) is 49.4 Å². The number of sulfonamides is 1. The topological polar surface area (TPSA) is 63.7 Å². The van der Waals surface area contributed by atoms with E-state index in [1.807, 2.05) is 19.1 Å². The monoisotopic (exact) mass is 419 g/mol. The molecule has 7 heteroatoms. The highest BCUT2D eigenvalue weighted by molar-refractivity contribution is 7.89. The summed E-state index contributed by atoms with van der Waals surface area (Å²) in [4.78, 5) is 12.4. The fourth-order valence-corrected chi connectivity index (χ4v) is 5.07. The summed E-state index contributed by atoms with van der Waals surface area (Å²) in [7, 11) is -3.85. The van der Waals surface area contributed by atoms with Crippen LogP contribution in [0.3, 0.4) is 0 Å². The fraction of sp³-hybridized carbons (Fsp3) is 0.286. The van der Waals surface area contributed by atoms with Crippen molar-refractivity contribution in [2.45, 2.75) is 31.2 Å². The number of rotatable bonds is 5. The van der Waals surface area contributed by atoms with Gasteiger partial charge in [0.15, 0.2) is 0 Å². The summed E-state index contributed by atoms with van der Waals surface area (Å²) in [6.45, 7) is 3.78. The normalized spacial score (nSPS) is 17.8. The first-order chi connectivity index (χ1) is 13.3. The molecular formula is C21H22ClNO4S. The molecule has 1 aliphatic heterocycles. The van der Waals surface area contributed by atoms with Crippen LogP contribution in [0, 0.1) is 6.92 Å². The van der Waals surface area contributed by atoms with Crippen molar-refractivity contribution >= 4 is 27.6 Å². The van der Waals surface area contributed by atoms with Crippen molar-refractivity contribution in [3.8, 4) is 0 Å². The maximum absolute atomic E-state index is 13.4. The third-order valence-electron chi connectivity index (χ3n) is 4.69. The minimum atomic E-state index is -3.85. The molecule has 0 saturated heterocycles. The van der Waals surface area contributed by atoms with E-state index in [4.69, 9.17) is 16.3 Å². The lowest BCUT2D eigenvalue weighted by Gasteiger charge is -2.34. The van der Waals surface area contributed by atoms with Crippen molar-refractivity contribution in [3.05, 3.63) is 76.3 Å². The summed E-state index contributed by atoms with van der Waals surface area (Å²) < 4.78 is 33.3. The van der Waals surface area contributed by atoms with Gasteiger partial charge in [-0.3, -0.25) is 0 Å². The van der Waals surface area contributed by atoms with Gasteiger partial charge in [-0.1, -0.05) is 53.6 Å². The van der Waals surface area contributed by atoms with Crippen molar-refractivity contribution in [3.63, 3.8) is 0 Å². The Bertz CT molecular complexity index is 999. The lowest BCUT2D eigenvalue weighted by Crippen LogP contribution is -2.40. The molecule has 1 aliphatic rings. The van der Waals surface area contributed by atoms with E-state index in [9.17, 15) is 13.2 Å². The molecule has 28 heavy (non-hydrogen) atoms. The van der Waals surface area contributed by atoms with E-state index in [2.05, 4.69) is 0 Å². The molecule has 0 bridgehead atoms. The van der Waals surface area contributed by atoms with Crippen molar-refractivity contribution < 1.29 is 17.9 Å². The third-order valence-corrected chi connectivity index (χ3v) is 6.90. The van der Waals surface area contributed by atoms with Gasteiger partial charge in [0.25, 0.3) is 0 Å². The maximum atomic E-state index is 13.4. The molecule has 2 aromatic carbocycles. The van der Waals surface area contributed by atoms with Gasteiger partial charge in [0.2, 0.25) is 10.0 Å². The summed E-state index contributed by atoms with van der Waals surface area (Å²) in [5.74, 6) is -0.496. The molecule has 2 aromatic rings. The number of hydrogen-bond acceptors (Lipinski definition) is 4. The molecule has 0 spiro atoms. The van der Waals surface area contributed by atoms with Crippen LogP contribution in [0.4, 0.5) is 0 Å². The fourth-order valence-electron chi connectivity index (χ4n) is 3.21. The van der Waals surface area contributed by atoms with Crippen LogP contribution in [-0.2, 0) is 19.6 Å². The molecule has 0 unspecified atom stereocenters. The molecule has 0 saturated carbocycles. The number of nitrogens with zero attached hydrogens (tertiary/aromatic N) is 1. The Morgan fingerprint density at radius 2 is 1.86 bits per heavy atom. The van der Waals surface area contributed by atoms with Crippen LogP contribution < -0.4 is 0 Å². The van der Waals surface area contributed by atoms with Crippen LogP contribution in [0.1, 0.15) is 30.5 Å². The van der Waals surface area contributed by atoms with Gasteiger partial charge in [-0.25, -0.2) is 13.2 Å². The zero-order valence-corrected chi connectivity index (χ0v) is 17.3. The van der Waals surface area contributed by atoms with Gasteiger partial charge in [-0.2, -0.15) is 4.31 Å². The lowest BCUT2D eigenvalue weighted by atomic mass is 9.98. The number of hydrogen-bond donors (Lipinski definition) is 0. The highest BCUT2D eigenvalue weighted by Crippen LogP contribution is 2.38. The number of aryl methyl sites for hydroxylation is 1. The number of ether oxygens (including phenoxy) is 1. The maximum Gasteiger partial charge on any atom is 0.335 e. The molecule has 1 atom stereocenters. The smallest absolute Gasteiger partial charge is 0.335 e. The van der Waals surface area contributed by atoms with Crippen LogP contribution >= 0.6 is 11.6 Å². The Morgan fingerprint density at radius 1 is 1.18 bits per heavy atom. The van der Waals surface area contributed by atoms with Gasteiger partial charge < -0.3 is 4.74 Å². The van der Waals surface area contributed by atoms with E-state index in [0.717, 1.165) is 5.56 Å². The predicted molar refractivity (Wildman–Crippen MR) is 109 cm³/mol. The van der Waals surface area contributed by atoms with Crippen LogP contribution in [0.2, 0.25) is 5.02 Å². The first kappa shape index (κ1) is 20.6. The SMILES string of the molecule is CCOC(=O)C1=CC[C@@H](c2ccccc2Cl)N(S(=O)(=O)c2ccc(C)cc2)C1. The second-order valence-corrected chi connectivity index (χ2v) is 8.88. The van der Waals surface area contributed by atoms with Gasteiger partial charge in [0.1, 0.15) is 0 Å². The van der Waals surface area contributed by atoms with E-state index >= 15 is 0 Å². The average Bonchev–Trinajstić information content (AvgIpc) is 2.68. The summed E-state index contributed by atoms with van der Waals surface area (Å²) >= 11 is 6.35. The molecule has 5 nitrogen and oxygen atoms in total. The molecule has 0 aromatic heterocycles. The lowest BCUT2D eigenvalue weighted by molar-refractivity contribution is -0.138. The van der Waals surface area contributed by atoms with E-state index in [1.165, 1.54) is 4.31 Å². The third kappa shape index (κ3) is 4.14. The van der Waals surface area contributed by atoms with E-state index < -0.39 is 22.0 Å². The summed E-state index contributed by atoms with van der Waals surface area (Å²) in [5, 5.41) is 0.490.